The van der Waals surface area contributed by atoms with Gasteiger partial charge in [-0.3, -0.25) is 4.57 Å². The third-order valence-electron chi connectivity index (χ3n) is 3.10. The number of methoxy groups -OCH3 is 1. The van der Waals surface area contributed by atoms with Crippen molar-refractivity contribution in [2.45, 2.75) is 39.2 Å². The standard InChI is InChI=1S/C12H19N5O/c1-5-6-12(2,3)17-9-8(16-11(17)13)10(18-4)15-7-14-9/h7H,5-6H2,1-4H3,(H2,13,16). The number of imidazole rings is 1. The molecule has 98 valence electrons. The maximum absolute atomic E-state index is 6.02. The highest BCUT2D eigenvalue weighted by Crippen LogP contribution is 2.31. The number of rotatable bonds is 4. The molecule has 0 fully saturated rings. The number of anilines is 1. The first kappa shape index (κ1) is 12.6. The fourth-order valence-electron chi connectivity index (χ4n) is 2.36. The number of aromatic nitrogens is 4. The highest BCUT2D eigenvalue weighted by Gasteiger charge is 2.26. The molecule has 0 amide bonds. The predicted octanol–water partition coefficient (Wildman–Crippen LogP) is 1.95. The number of nitrogens with two attached hydrogens (primary N) is 1. The van der Waals surface area contributed by atoms with Crippen LogP contribution in [0.3, 0.4) is 0 Å². The van der Waals surface area contributed by atoms with Crippen molar-refractivity contribution in [3.8, 4) is 5.88 Å². The highest BCUT2D eigenvalue weighted by molar-refractivity contribution is 5.79. The molecule has 0 aliphatic carbocycles. The van der Waals surface area contributed by atoms with Crippen LogP contribution in [0.5, 0.6) is 5.88 Å². The lowest BCUT2D eigenvalue weighted by Crippen LogP contribution is -2.27. The van der Waals surface area contributed by atoms with E-state index in [4.69, 9.17) is 10.5 Å². The van der Waals surface area contributed by atoms with E-state index in [9.17, 15) is 0 Å². The van der Waals surface area contributed by atoms with E-state index in [1.807, 2.05) is 4.57 Å². The summed E-state index contributed by atoms with van der Waals surface area (Å²) in [6, 6.07) is 0. The maximum atomic E-state index is 6.02. The topological polar surface area (TPSA) is 78.9 Å². The third kappa shape index (κ3) is 1.87. The Bertz CT molecular complexity index is 561. The molecule has 0 atom stereocenters. The Morgan fingerprint density at radius 3 is 2.72 bits per heavy atom. The maximum Gasteiger partial charge on any atom is 0.245 e. The zero-order valence-corrected chi connectivity index (χ0v) is 11.3. The summed E-state index contributed by atoms with van der Waals surface area (Å²) in [4.78, 5) is 12.7. The number of ether oxygens (including phenoxy) is 1. The first-order chi connectivity index (χ1) is 8.51. The summed E-state index contributed by atoms with van der Waals surface area (Å²) in [7, 11) is 1.56. The number of fused-ring (bicyclic) bond motifs is 1. The van der Waals surface area contributed by atoms with Gasteiger partial charge in [-0.05, 0) is 20.3 Å². The van der Waals surface area contributed by atoms with Crippen molar-refractivity contribution >= 4 is 17.1 Å². The van der Waals surface area contributed by atoms with E-state index in [0.717, 1.165) is 18.5 Å². The smallest absolute Gasteiger partial charge is 0.245 e. The van der Waals surface area contributed by atoms with E-state index in [-0.39, 0.29) is 5.54 Å². The highest BCUT2D eigenvalue weighted by atomic mass is 16.5. The molecule has 2 rings (SSSR count). The van der Waals surface area contributed by atoms with Gasteiger partial charge in [-0.25, -0.2) is 9.97 Å². The lowest BCUT2D eigenvalue weighted by molar-refractivity contribution is 0.336. The van der Waals surface area contributed by atoms with E-state index < -0.39 is 0 Å². The quantitative estimate of drug-likeness (QED) is 0.896. The predicted molar refractivity (Wildman–Crippen MR) is 70.5 cm³/mol. The van der Waals surface area contributed by atoms with Crippen LogP contribution < -0.4 is 10.5 Å². The number of hydrogen-bond donors (Lipinski definition) is 1. The number of nitrogens with zero attached hydrogens (tertiary/aromatic N) is 4. The Labute approximate surface area is 106 Å². The molecule has 18 heavy (non-hydrogen) atoms. The Balaban J connectivity index is 2.68. The van der Waals surface area contributed by atoms with Crippen LogP contribution in [0, 0.1) is 0 Å². The minimum atomic E-state index is -0.132. The molecule has 0 unspecified atom stereocenters. The number of hydrogen-bond acceptors (Lipinski definition) is 5. The van der Waals surface area contributed by atoms with Crippen molar-refractivity contribution in [3.05, 3.63) is 6.33 Å². The van der Waals surface area contributed by atoms with E-state index in [2.05, 4.69) is 35.7 Å². The molecule has 0 spiro atoms. The largest absolute Gasteiger partial charge is 0.479 e. The molecule has 6 heteroatoms. The van der Waals surface area contributed by atoms with E-state index in [1.165, 1.54) is 6.33 Å². The van der Waals surface area contributed by atoms with Crippen LogP contribution in [0.25, 0.3) is 11.2 Å². The number of nitrogen functional groups attached to an aromatic ring is 1. The molecular weight excluding hydrogens is 230 g/mol. The van der Waals surface area contributed by atoms with Gasteiger partial charge in [-0.1, -0.05) is 13.3 Å². The van der Waals surface area contributed by atoms with Gasteiger partial charge < -0.3 is 10.5 Å². The first-order valence-electron chi connectivity index (χ1n) is 6.04. The lowest BCUT2D eigenvalue weighted by Gasteiger charge is -2.27. The van der Waals surface area contributed by atoms with Gasteiger partial charge >= 0.3 is 0 Å². The molecule has 2 aromatic heterocycles. The summed E-state index contributed by atoms with van der Waals surface area (Å²) < 4.78 is 7.14. The van der Waals surface area contributed by atoms with Gasteiger partial charge in [0.1, 0.15) is 6.33 Å². The monoisotopic (exact) mass is 249 g/mol. The van der Waals surface area contributed by atoms with Gasteiger partial charge in [0.05, 0.1) is 7.11 Å². The minimum absolute atomic E-state index is 0.132. The van der Waals surface area contributed by atoms with E-state index in [1.54, 1.807) is 7.11 Å². The first-order valence-corrected chi connectivity index (χ1v) is 6.04. The van der Waals surface area contributed by atoms with Crippen LogP contribution in [0.2, 0.25) is 0 Å². The molecule has 0 aliphatic rings. The van der Waals surface area contributed by atoms with Gasteiger partial charge in [0, 0.05) is 5.54 Å². The Kier molecular flexibility index (Phi) is 3.11. The molecule has 0 aliphatic heterocycles. The third-order valence-corrected chi connectivity index (χ3v) is 3.10. The summed E-state index contributed by atoms with van der Waals surface area (Å²) >= 11 is 0. The van der Waals surface area contributed by atoms with Gasteiger partial charge in [0.25, 0.3) is 0 Å². The minimum Gasteiger partial charge on any atom is -0.479 e. The van der Waals surface area contributed by atoms with Crippen LogP contribution in [0.1, 0.15) is 33.6 Å². The molecule has 2 aromatic rings. The zero-order valence-electron chi connectivity index (χ0n) is 11.3. The van der Waals surface area contributed by atoms with Crippen LogP contribution in [0.4, 0.5) is 5.95 Å². The van der Waals surface area contributed by atoms with Gasteiger partial charge in [0.15, 0.2) is 11.2 Å². The summed E-state index contributed by atoms with van der Waals surface area (Å²) in [5, 5.41) is 0. The Morgan fingerprint density at radius 1 is 1.39 bits per heavy atom. The molecule has 0 aromatic carbocycles. The van der Waals surface area contributed by atoms with Crippen molar-refractivity contribution in [2.24, 2.45) is 0 Å². The van der Waals surface area contributed by atoms with Gasteiger partial charge in [-0.2, -0.15) is 4.98 Å². The van der Waals surface area contributed by atoms with Crippen molar-refractivity contribution < 1.29 is 4.74 Å². The van der Waals surface area contributed by atoms with Gasteiger partial charge in [0.2, 0.25) is 11.8 Å². The Hall–Kier alpha value is -1.85. The molecule has 2 N–H and O–H groups in total. The van der Waals surface area contributed by atoms with Crippen LogP contribution in [0.15, 0.2) is 6.33 Å². The molecule has 0 saturated heterocycles. The average Bonchev–Trinajstić information content (AvgIpc) is 2.65. The molecule has 0 saturated carbocycles. The lowest BCUT2D eigenvalue weighted by atomic mass is 9.98. The summed E-state index contributed by atoms with van der Waals surface area (Å²) in [5.74, 6) is 0.903. The van der Waals surface area contributed by atoms with Crippen LogP contribution >= 0.6 is 0 Å². The van der Waals surface area contributed by atoms with Crippen LogP contribution in [-0.2, 0) is 5.54 Å². The molecule has 0 bridgehead atoms. The average molecular weight is 249 g/mol. The summed E-state index contributed by atoms with van der Waals surface area (Å²) in [6.07, 6.45) is 3.53. The van der Waals surface area contributed by atoms with Crippen molar-refractivity contribution in [1.29, 1.82) is 0 Å². The molecule has 6 nitrogen and oxygen atoms in total. The fourth-order valence-corrected chi connectivity index (χ4v) is 2.36. The van der Waals surface area contributed by atoms with Crippen LogP contribution in [-0.4, -0.2) is 26.6 Å². The second kappa shape index (κ2) is 4.44. The zero-order chi connectivity index (χ0) is 13.3. The summed E-state index contributed by atoms with van der Waals surface area (Å²) in [5.41, 5.74) is 7.22. The molecule has 2 heterocycles. The van der Waals surface area contributed by atoms with Crippen molar-refractivity contribution in [2.75, 3.05) is 12.8 Å². The molecular formula is C12H19N5O. The second-order valence-electron chi connectivity index (χ2n) is 4.92. The summed E-state index contributed by atoms with van der Waals surface area (Å²) in [6.45, 7) is 6.40. The van der Waals surface area contributed by atoms with E-state index >= 15 is 0 Å². The van der Waals surface area contributed by atoms with E-state index in [0.29, 0.717) is 17.3 Å². The molecule has 0 radical (unpaired) electrons. The van der Waals surface area contributed by atoms with Crippen molar-refractivity contribution in [3.63, 3.8) is 0 Å². The normalized spacial score (nSPS) is 12.0. The fraction of sp³-hybridized carbons (Fsp3) is 0.583. The van der Waals surface area contributed by atoms with Crippen molar-refractivity contribution in [1.82, 2.24) is 19.5 Å². The SMILES string of the molecule is CCCC(C)(C)n1c(N)nc2c(OC)ncnc21. The Morgan fingerprint density at radius 2 is 2.11 bits per heavy atom. The van der Waals surface area contributed by atoms with Gasteiger partial charge in [-0.15, -0.1) is 0 Å². The second-order valence-corrected chi connectivity index (χ2v) is 4.92.